The highest BCUT2D eigenvalue weighted by atomic mass is 32.2. The Hall–Kier alpha value is -1.65. The molecule has 0 bridgehead atoms. The maximum Gasteiger partial charge on any atom is 0.119 e. The molecule has 2 atom stereocenters. The fourth-order valence-corrected chi connectivity index (χ4v) is 3.58. The zero-order valence-electron chi connectivity index (χ0n) is 16.7. The van der Waals surface area contributed by atoms with E-state index in [0.29, 0.717) is 6.61 Å². The molecule has 2 rings (SSSR count). The van der Waals surface area contributed by atoms with Crippen LogP contribution in [0.1, 0.15) is 58.7 Å². The third kappa shape index (κ3) is 5.96. The SMILES string of the molecule is CC(C)(C)[C@H](N[S@@](=O)C(C)(C)C)c1ccc(OCc2ccccc2)cc1. The van der Waals surface area contributed by atoms with Gasteiger partial charge in [0.2, 0.25) is 0 Å². The lowest BCUT2D eigenvalue weighted by Gasteiger charge is -2.34. The van der Waals surface area contributed by atoms with Crippen molar-refractivity contribution >= 4 is 11.0 Å². The van der Waals surface area contributed by atoms with Crippen LogP contribution in [0.2, 0.25) is 0 Å². The van der Waals surface area contributed by atoms with Crippen molar-refractivity contribution in [3.63, 3.8) is 0 Å². The van der Waals surface area contributed by atoms with Crippen molar-refractivity contribution in [3.8, 4) is 5.75 Å². The van der Waals surface area contributed by atoms with Crippen molar-refractivity contribution in [2.24, 2.45) is 5.41 Å². The molecule has 0 aliphatic heterocycles. The average Bonchev–Trinajstić information content (AvgIpc) is 2.57. The maximum atomic E-state index is 12.6. The van der Waals surface area contributed by atoms with Crippen LogP contribution in [0.5, 0.6) is 5.75 Å². The summed E-state index contributed by atoms with van der Waals surface area (Å²) < 4.78 is 21.5. The third-order valence-corrected chi connectivity index (χ3v) is 5.67. The molecule has 142 valence electrons. The van der Waals surface area contributed by atoms with Crippen LogP contribution >= 0.6 is 0 Å². The van der Waals surface area contributed by atoms with Gasteiger partial charge in [-0.2, -0.15) is 0 Å². The molecule has 0 aromatic heterocycles. The molecule has 0 saturated carbocycles. The van der Waals surface area contributed by atoms with Crippen molar-refractivity contribution in [1.82, 2.24) is 4.72 Å². The van der Waals surface area contributed by atoms with Gasteiger partial charge >= 0.3 is 0 Å². The lowest BCUT2D eigenvalue weighted by Crippen LogP contribution is -2.40. The van der Waals surface area contributed by atoms with Gasteiger partial charge in [0.05, 0.1) is 15.7 Å². The number of benzene rings is 2. The molecule has 4 heteroatoms. The normalized spacial score (nSPS) is 14.7. The standard InChI is InChI=1S/C22H31NO2S/c1-21(2,3)20(23-26(24)22(4,5)6)18-12-14-19(15-13-18)25-16-17-10-8-7-9-11-17/h7-15,20,23H,16H2,1-6H3/t20-,26+/m1/s1. The van der Waals surface area contributed by atoms with Crippen molar-refractivity contribution in [2.75, 3.05) is 0 Å². The zero-order valence-corrected chi connectivity index (χ0v) is 17.5. The molecule has 2 aromatic carbocycles. The molecule has 0 heterocycles. The monoisotopic (exact) mass is 373 g/mol. The Kier molecular flexibility index (Phi) is 6.64. The Bertz CT molecular complexity index is 713. The Balaban J connectivity index is 2.10. The number of hydrogen-bond donors (Lipinski definition) is 1. The van der Waals surface area contributed by atoms with Gasteiger partial charge < -0.3 is 4.74 Å². The van der Waals surface area contributed by atoms with E-state index < -0.39 is 11.0 Å². The van der Waals surface area contributed by atoms with Gasteiger partial charge in [-0.3, -0.25) is 0 Å². The van der Waals surface area contributed by atoms with Crippen molar-refractivity contribution in [2.45, 2.75) is 58.9 Å². The highest BCUT2D eigenvalue weighted by molar-refractivity contribution is 7.84. The zero-order chi connectivity index (χ0) is 19.4. The smallest absolute Gasteiger partial charge is 0.119 e. The summed E-state index contributed by atoms with van der Waals surface area (Å²) in [6.45, 7) is 13.0. The van der Waals surface area contributed by atoms with Crippen LogP contribution in [0.4, 0.5) is 0 Å². The molecule has 26 heavy (non-hydrogen) atoms. The molecule has 0 saturated heterocycles. The fourth-order valence-electron chi connectivity index (χ4n) is 2.53. The van der Waals surface area contributed by atoms with Crippen LogP contribution in [0, 0.1) is 5.41 Å². The Morgan fingerprint density at radius 2 is 1.50 bits per heavy atom. The molecule has 0 radical (unpaired) electrons. The van der Waals surface area contributed by atoms with Crippen LogP contribution in [0.15, 0.2) is 54.6 Å². The van der Waals surface area contributed by atoms with Gasteiger partial charge in [0.1, 0.15) is 12.4 Å². The minimum Gasteiger partial charge on any atom is -0.489 e. The number of ether oxygens (including phenoxy) is 1. The highest BCUT2D eigenvalue weighted by Crippen LogP contribution is 2.34. The molecule has 0 amide bonds. The molecule has 0 unspecified atom stereocenters. The van der Waals surface area contributed by atoms with Crippen LogP contribution in [0.25, 0.3) is 0 Å². The summed E-state index contributed by atoms with van der Waals surface area (Å²) in [6, 6.07) is 18.2. The summed E-state index contributed by atoms with van der Waals surface area (Å²) in [5.41, 5.74) is 2.20. The molecular weight excluding hydrogens is 342 g/mol. The summed E-state index contributed by atoms with van der Waals surface area (Å²) in [7, 11) is -1.13. The minimum absolute atomic E-state index is 0.00858. The molecule has 2 aromatic rings. The first-order chi connectivity index (χ1) is 12.1. The van der Waals surface area contributed by atoms with E-state index in [9.17, 15) is 4.21 Å². The summed E-state index contributed by atoms with van der Waals surface area (Å²) >= 11 is 0. The first-order valence-electron chi connectivity index (χ1n) is 9.02. The van der Waals surface area contributed by atoms with Gasteiger partial charge in [-0.25, -0.2) is 8.93 Å². The van der Waals surface area contributed by atoms with Crippen molar-refractivity contribution in [1.29, 1.82) is 0 Å². The van der Waals surface area contributed by atoms with Gasteiger partial charge in [-0.05, 0) is 49.4 Å². The van der Waals surface area contributed by atoms with Gasteiger partial charge in [0.15, 0.2) is 0 Å². The molecule has 0 spiro atoms. The fraction of sp³-hybridized carbons (Fsp3) is 0.455. The number of hydrogen-bond acceptors (Lipinski definition) is 2. The van der Waals surface area contributed by atoms with Crippen LogP contribution in [-0.4, -0.2) is 8.96 Å². The summed E-state index contributed by atoms with van der Waals surface area (Å²) in [6.07, 6.45) is 0. The second-order valence-electron chi connectivity index (χ2n) is 8.64. The van der Waals surface area contributed by atoms with E-state index >= 15 is 0 Å². The lowest BCUT2D eigenvalue weighted by atomic mass is 9.83. The highest BCUT2D eigenvalue weighted by Gasteiger charge is 2.31. The van der Waals surface area contributed by atoms with Gasteiger partial charge in [-0.15, -0.1) is 0 Å². The maximum absolute atomic E-state index is 12.6. The van der Waals surface area contributed by atoms with Gasteiger partial charge in [-0.1, -0.05) is 63.2 Å². The first kappa shape index (κ1) is 20.7. The first-order valence-corrected chi connectivity index (χ1v) is 10.2. The molecule has 0 aliphatic rings. The van der Waals surface area contributed by atoms with E-state index in [4.69, 9.17) is 4.74 Å². The van der Waals surface area contributed by atoms with E-state index in [2.05, 4.69) is 49.8 Å². The van der Waals surface area contributed by atoms with E-state index in [1.54, 1.807) is 0 Å². The van der Waals surface area contributed by atoms with Crippen LogP contribution in [-0.2, 0) is 17.6 Å². The predicted molar refractivity (Wildman–Crippen MR) is 110 cm³/mol. The van der Waals surface area contributed by atoms with Crippen molar-refractivity contribution < 1.29 is 8.95 Å². The molecule has 0 aliphatic carbocycles. The largest absolute Gasteiger partial charge is 0.489 e. The minimum atomic E-state index is -1.13. The van der Waals surface area contributed by atoms with Crippen LogP contribution in [0.3, 0.4) is 0 Å². The molecule has 3 nitrogen and oxygen atoms in total. The number of rotatable bonds is 6. The van der Waals surface area contributed by atoms with Gasteiger partial charge in [0.25, 0.3) is 0 Å². The van der Waals surface area contributed by atoms with E-state index in [1.165, 1.54) is 0 Å². The summed E-state index contributed by atoms with van der Waals surface area (Å²) in [4.78, 5) is 0. The second kappa shape index (κ2) is 8.36. The molecule has 1 N–H and O–H groups in total. The van der Waals surface area contributed by atoms with E-state index in [1.807, 2.05) is 51.1 Å². The second-order valence-corrected chi connectivity index (χ2v) is 10.6. The summed E-state index contributed by atoms with van der Waals surface area (Å²) in [5, 5.41) is 0. The quantitative estimate of drug-likeness (QED) is 0.736. The van der Waals surface area contributed by atoms with Crippen molar-refractivity contribution in [3.05, 3.63) is 65.7 Å². The Morgan fingerprint density at radius 3 is 2.00 bits per heavy atom. The topological polar surface area (TPSA) is 38.3 Å². The van der Waals surface area contributed by atoms with E-state index in [0.717, 1.165) is 16.9 Å². The lowest BCUT2D eigenvalue weighted by molar-refractivity contribution is 0.300. The Morgan fingerprint density at radius 1 is 0.923 bits per heavy atom. The van der Waals surface area contributed by atoms with Crippen LogP contribution < -0.4 is 9.46 Å². The molecular formula is C22H31NO2S. The van der Waals surface area contributed by atoms with Gasteiger partial charge in [0, 0.05) is 6.04 Å². The Labute approximate surface area is 160 Å². The number of nitrogens with one attached hydrogen (secondary N) is 1. The average molecular weight is 374 g/mol. The predicted octanol–water partition coefficient (Wildman–Crippen LogP) is 5.40. The third-order valence-electron chi connectivity index (χ3n) is 4.11. The molecule has 0 fully saturated rings. The summed E-state index contributed by atoms with van der Waals surface area (Å²) in [5.74, 6) is 0.835. The van der Waals surface area contributed by atoms with E-state index in [-0.39, 0.29) is 16.2 Å².